The Bertz CT molecular complexity index is 437. The topological polar surface area (TPSA) is 28.2 Å². The maximum Gasteiger partial charge on any atom is 0.128 e. The van der Waals surface area contributed by atoms with Gasteiger partial charge in [0, 0.05) is 25.7 Å². The lowest BCUT2D eigenvalue weighted by atomic mass is 9.92. The van der Waals surface area contributed by atoms with Gasteiger partial charge in [0.25, 0.3) is 0 Å². The van der Waals surface area contributed by atoms with Crippen molar-refractivity contribution in [3.05, 3.63) is 22.8 Å². The van der Waals surface area contributed by atoms with Crippen molar-refractivity contribution >= 4 is 17.4 Å². The summed E-state index contributed by atoms with van der Waals surface area (Å²) in [5, 5.41) is 4.13. The summed E-state index contributed by atoms with van der Waals surface area (Å²) in [6.45, 7) is 11.8. The third-order valence-corrected chi connectivity index (χ3v) is 4.12. The molecule has 4 heteroatoms. The van der Waals surface area contributed by atoms with Crippen molar-refractivity contribution in [3.8, 4) is 0 Å². The molecular weight excluding hydrogens is 270 g/mol. The fraction of sp³-hybridized carbons (Fsp3) is 0.688. The van der Waals surface area contributed by atoms with Crippen LogP contribution in [0.3, 0.4) is 0 Å². The predicted molar refractivity (Wildman–Crippen MR) is 86.4 cm³/mol. The fourth-order valence-electron chi connectivity index (χ4n) is 2.92. The lowest BCUT2D eigenvalue weighted by molar-refractivity contribution is 0.355. The minimum Gasteiger partial charge on any atom is -0.356 e. The Kier molecular flexibility index (Phi) is 5.28. The highest BCUT2D eigenvalue weighted by atomic mass is 35.5. The Morgan fingerprint density at radius 3 is 2.55 bits per heavy atom. The summed E-state index contributed by atoms with van der Waals surface area (Å²) in [6.07, 6.45) is 1.31. The summed E-state index contributed by atoms with van der Waals surface area (Å²) in [6, 6.07) is 4.46. The molecule has 2 heterocycles. The number of rotatable bonds is 4. The minimum absolute atomic E-state index is 0.437. The van der Waals surface area contributed by atoms with E-state index in [-0.39, 0.29) is 0 Å². The third-order valence-electron chi connectivity index (χ3n) is 3.77. The van der Waals surface area contributed by atoms with Crippen LogP contribution in [0.5, 0.6) is 0 Å². The van der Waals surface area contributed by atoms with Gasteiger partial charge in [0.05, 0.1) is 10.7 Å². The van der Waals surface area contributed by atoms with Crippen molar-refractivity contribution in [1.82, 2.24) is 10.3 Å². The molecule has 1 aromatic heterocycles. The molecule has 1 aliphatic rings. The van der Waals surface area contributed by atoms with Gasteiger partial charge >= 0.3 is 0 Å². The maximum absolute atomic E-state index is 6.25. The first-order valence-electron chi connectivity index (χ1n) is 7.59. The number of anilines is 1. The normalized spacial score (nSPS) is 23.4. The van der Waals surface area contributed by atoms with Crippen LogP contribution < -0.4 is 10.2 Å². The smallest absolute Gasteiger partial charge is 0.128 e. The lowest BCUT2D eigenvalue weighted by Crippen LogP contribution is -2.39. The highest BCUT2D eigenvalue weighted by Crippen LogP contribution is 2.26. The van der Waals surface area contributed by atoms with Gasteiger partial charge in [-0.2, -0.15) is 0 Å². The van der Waals surface area contributed by atoms with E-state index in [1.807, 2.05) is 12.1 Å². The van der Waals surface area contributed by atoms with Crippen LogP contribution in [0.4, 0.5) is 5.82 Å². The molecule has 0 spiro atoms. The second kappa shape index (κ2) is 6.77. The number of halogens is 1. The van der Waals surface area contributed by atoms with Gasteiger partial charge in [-0.3, -0.25) is 0 Å². The van der Waals surface area contributed by atoms with E-state index in [0.717, 1.165) is 48.0 Å². The van der Waals surface area contributed by atoms with E-state index < -0.39 is 0 Å². The highest BCUT2D eigenvalue weighted by molar-refractivity contribution is 6.31. The molecule has 0 bridgehead atoms. The highest BCUT2D eigenvalue weighted by Gasteiger charge is 2.23. The van der Waals surface area contributed by atoms with Crippen LogP contribution in [0, 0.1) is 11.8 Å². The second-order valence-corrected chi connectivity index (χ2v) is 6.89. The lowest BCUT2D eigenvalue weighted by Gasteiger charge is -2.36. The van der Waals surface area contributed by atoms with Crippen LogP contribution in [0.2, 0.25) is 5.02 Å². The Balaban J connectivity index is 2.13. The van der Waals surface area contributed by atoms with Crippen molar-refractivity contribution in [1.29, 1.82) is 0 Å². The molecule has 1 aromatic rings. The molecule has 1 N–H and O–H groups in total. The summed E-state index contributed by atoms with van der Waals surface area (Å²) >= 11 is 6.25. The zero-order valence-corrected chi connectivity index (χ0v) is 13.7. The molecule has 0 radical (unpaired) electrons. The van der Waals surface area contributed by atoms with Crippen molar-refractivity contribution in [2.45, 2.75) is 46.7 Å². The van der Waals surface area contributed by atoms with E-state index in [4.69, 9.17) is 16.6 Å². The summed E-state index contributed by atoms with van der Waals surface area (Å²) in [7, 11) is 0. The minimum atomic E-state index is 0.437. The quantitative estimate of drug-likeness (QED) is 0.918. The Morgan fingerprint density at radius 1 is 1.30 bits per heavy atom. The second-order valence-electron chi connectivity index (χ2n) is 6.48. The summed E-state index contributed by atoms with van der Waals surface area (Å²) in [4.78, 5) is 7.17. The molecule has 0 aromatic carbocycles. The Hall–Kier alpha value is -0.800. The summed E-state index contributed by atoms with van der Waals surface area (Å²) in [5.74, 6) is 2.52. The van der Waals surface area contributed by atoms with Crippen LogP contribution in [0.25, 0.3) is 0 Å². The molecule has 0 amide bonds. The van der Waals surface area contributed by atoms with E-state index in [2.05, 4.69) is 37.9 Å². The third kappa shape index (κ3) is 4.10. The molecule has 112 valence electrons. The molecule has 3 nitrogen and oxygen atoms in total. The van der Waals surface area contributed by atoms with Gasteiger partial charge in [-0.05, 0) is 30.4 Å². The van der Waals surface area contributed by atoms with Gasteiger partial charge in [0.2, 0.25) is 0 Å². The molecule has 20 heavy (non-hydrogen) atoms. The first-order valence-corrected chi connectivity index (χ1v) is 7.97. The van der Waals surface area contributed by atoms with Crippen LogP contribution in [0.15, 0.2) is 12.1 Å². The van der Waals surface area contributed by atoms with Crippen LogP contribution in [-0.4, -0.2) is 24.1 Å². The Labute approximate surface area is 127 Å². The van der Waals surface area contributed by atoms with Crippen molar-refractivity contribution in [3.63, 3.8) is 0 Å². The SMILES string of the molecule is CC1CC(C)CN(c2ccc(Cl)c(CNC(C)C)n2)C1. The van der Waals surface area contributed by atoms with Crippen LogP contribution in [-0.2, 0) is 6.54 Å². The molecular formula is C16H26ClN3. The van der Waals surface area contributed by atoms with E-state index >= 15 is 0 Å². The standard InChI is InChI=1S/C16H26ClN3/c1-11(2)18-8-15-14(17)5-6-16(19-15)20-9-12(3)7-13(4)10-20/h5-6,11-13,18H,7-10H2,1-4H3. The first-order chi connectivity index (χ1) is 9.45. The van der Waals surface area contributed by atoms with E-state index in [1.165, 1.54) is 6.42 Å². The largest absolute Gasteiger partial charge is 0.356 e. The van der Waals surface area contributed by atoms with Gasteiger partial charge in [0.1, 0.15) is 5.82 Å². The number of aromatic nitrogens is 1. The molecule has 1 fully saturated rings. The van der Waals surface area contributed by atoms with Crippen LogP contribution >= 0.6 is 11.6 Å². The molecule has 2 unspecified atom stereocenters. The monoisotopic (exact) mass is 295 g/mol. The molecule has 2 rings (SSSR count). The molecule has 0 saturated carbocycles. The van der Waals surface area contributed by atoms with Crippen LogP contribution in [0.1, 0.15) is 39.8 Å². The average molecular weight is 296 g/mol. The zero-order valence-electron chi connectivity index (χ0n) is 13.0. The number of hydrogen-bond donors (Lipinski definition) is 1. The first kappa shape index (κ1) is 15.6. The maximum atomic E-state index is 6.25. The fourth-order valence-corrected chi connectivity index (χ4v) is 3.10. The molecule has 0 aliphatic carbocycles. The van der Waals surface area contributed by atoms with E-state index in [9.17, 15) is 0 Å². The van der Waals surface area contributed by atoms with Gasteiger partial charge in [0.15, 0.2) is 0 Å². The predicted octanol–water partition coefficient (Wildman–Crippen LogP) is 3.72. The number of hydrogen-bond acceptors (Lipinski definition) is 3. The van der Waals surface area contributed by atoms with E-state index in [1.54, 1.807) is 0 Å². The summed E-state index contributed by atoms with van der Waals surface area (Å²) in [5.41, 5.74) is 0.948. The summed E-state index contributed by atoms with van der Waals surface area (Å²) < 4.78 is 0. The number of nitrogens with one attached hydrogen (secondary N) is 1. The number of nitrogens with zero attached hydrogens (tertiary/aromatic N) is 2. The average Bonchev–Trinajstić information content (AvgIpc) is 2.36. The molecule has 1 saturated heterocycles. The van der Waals surface area contributed by atoms with Gasteiger partial charge in [-0.25, -0.2) is 4.98 Å². The Morgan fingerprint density at radius 2 is 1.95 bits per heavy atom. The van der Waals surface area contributed by atoms with Crippen molar-refractivity contribution in [2.24, 2.45) is 11.8 Å². The van der Waals surface area contributed by atoms with E-state index in [0.29, 0.717) is 6.04 Å². The molecule has 2 atom stereocenters. The number of piperidine rings is 1. The number of pyridine rings is 1. The van der Waals surface area contributed by atoms with Crippen molar-refractivity contribution in [2.75, 3.05) is 18.0 Å². The molecule has 1 aliphatic heterocycles. The van der Waals surface area contributed by atoms with Crippen molar-refractivity contribution < 1.29 is 0 Å². The van der Waals surface area contributed by atoms with Gasteiger partial charge in [-0.1, -0.05) is 39.3 Å². The zero-order chi connectivity index (χ0) is 14.7. The van der Waals surface area contributed by atoms with Gasteiger partial charge in [-0.15, -0.1) is 0 Å². The van der Waals surface area contributed by atoms with Gasteiger partial charge < -0.3 is 10.2 Å².